The Bertz CT molecular complexity index is 1040. The summed E-state index contributed by atoms with van der Waals surface area (Å²) >= 11 is 0. The SMILES string of the molecule is CCCCCCCCCCCCCC1=C(c2ccc(CCCC)cc2)[N+](=[N-])C(c2ccc(CCCC)cc2)=C1. The average Bonchev–Trinajstić information content (AvgIpc) is 3.29. The summed E-state index contributed by atoms with van der Waals surface area (Å²) in [5.74, 6) is 0. The maximum atomic E-state index is 11.4. The summed E-state index contributed by atoms with van der Waals surface area (Å²) in [5.41, 5.74) is 19.5. The predicted octanol–water partition coefficient (Wildman–Crippen LogP) is 11.9. The Balaban J connectivity index is 1.62. The fourth-order valence-electron chi connectivity index (χ4n) is 5.67. The fraction of sp³-hybridized carbons (Fsp3) is 0.568. The van der Waals surface area contributed by atoms with Crippen molar-refractivity contribution in [1.82, 2.24) is 0 Å². The van der Waals surface area contributed by atoms with Gasteiger partial charge < -0.3 is 5.53 Å². The maximum Gasteiger partial charge on any atom is 0.210 e. The number of rotatable bonds is 20. The van der Waals surface area contributed by atoms with Crippen molar-refractivity contribution in [3.05, 3.63) is 88.0 Å². The van der Waals surface area contributed by atoms with Crippen molar-refractivity contribution in [3.63, 3.8) is 0 Å². The molecular weight excluding hydrogens is 472 g/mol. The zero-order valence-corrected chi connectivity index (χ0v) is 25.3. The molecule has 2 heteroatoms. The molecule has 0 unspecified atom stereocenters. The van der Waals surface area contributed by atoms with Crippen molar-refractivity contribution in [2.75, 3.05) is 0 Å². The number of benzene rings is 2. The van der Waals surface area contributed by atoms with Gasteiger partial charge in [-0.15, -0.1) is 0 Å². The summed E-state index contributed by atoms with van der Waals surface area (Å²) in [6, 6.07) is 17.7. The fourth-order valence-corrected chi connectivity index (χ4v) is 5.67. The molecule has 212 valence electrons. The van der Waals surface area contributed by atoms with Crippen LogP contribution in [0.3, 0.4) is 0 Å². The van der Waals surface area contributed by atoms with Gasteiger partial charge in [0.15, 0.2) is 0 Å². The minimum Gasteiger partial charge on any atom is -0.493 e. The minimum absolute atomic E-state index is 0.903. The first-order valence-electron chi connectivity index (χ1n) is 16.3. The van der Waals surface area contributed by atoms with Gasteiger partial charge in [-0.05, 0) is 73.9 Å². The molecule has 0 radical (unpaired) electrons. The van der Waals surface area contributed by atoms with Crippen molar-refractivity contribution in [2.45, 2.75) is 136 Å². The number of aryl methyl sites for hydroxylation is 2. The maximum absolute atomic E-state index is 11.4. The van der Waals surface area contributed by atoms with E-state index in [4.69, 9.17) is 0 Å². The van der Waals surface area contributed by atoms with Crippen LogP contribution in [0.4, 0.5) is 0 Å². The molecule has 3 rings (SSSR count). The van der Waals surface area contributed by atoms with E-state index in [1.54, 1.807) is 0 Å². The van der Waals surface area contributed by atoms with Crippen LogP contribution in [-0.2, 0) is 12.8 Å². The summed E-state index contributed by atoms with van der Waals surface area (Å²) in [5, 5.41) is 0. The van der Waals surface area contributed by atoms with E-state index < -0.39 is 0 Å². The molecule has 2 aromatic carbocycles. The quantitative estimate of drug-likeness (QED) is 0.121. The predicted molar refractivity (Wildman–Crippen MR) is 170 cm³/mol. The van der Waals surface area contributed by atoms with Crippen molar-refractivity contribution in [1.29, 1.82) is 0 Å². The number of hydrogen-bond donors (Lipinski definition) is 0. The molecule has 2 nitrogen and oxygen atoms in total. The molecule has 1 heterocycles. The molecule has 0 atom stereocenters. The molecule has 1 aliphatic heterocycles. The second-order valence-electron chi connectivity index (χ2n) is 11.6. The van der Waals surface area contributed by atoms with Gasteiger partial charge in [-0.1, -0.05) is 122 Å². The lowest BCUT2D eigenvalue weighted by atomic mass is 9.99. The zero-order valence-electron chi connectivity index (χ0n) is 25.3. The van der Waals surface area contributed by atoms with Gasteiger partial charge in [-0.3, -0.25) is 0 Å². The molecule has 2 aromatic rings. The zero-order chi connectivity index (χ0) is 27.7. The van der Waals surface area contributed by atoms with Gasteiger partial charge in [-0.2, -0.15) is 0 Å². The highest BCUT2D eigenvalue weighted by Crippen LogP contribution is 2.37. The molecule has 0 fully saturated rings. The standard InChI is InChI=1S/C37H54N2/c1-4-7-10-11-12-13-14-15-16-17-18-21-35-30-36(33-26-22-31(23-27-33)19-8-5-2)39(38)37(35)34-28-24-32(25-29-34)20-9-6-3/h22-30H,4-21H2,1-3H3. The molecule has 0 N–H and O–H groups in total. The van der Waals surface area contributed by atoms with Crippen LogP contribution in [0.15, 0.2) is 60.2 Å². The van der Waals surface area contributed by atoms with Gasteiger partial charge in [0.25, 0.3) is 0 Å². The van der Waals surface area contributed by atoms with E-state index in [1.807, 2.05) is 0 Å². The van der Waals surface area contributed by atoms with Crippen LogP contribution in [0.25, 0.3) is 16.9 Å². The lowest BCUT2D eigenvalue weighted by molar-refractivity contribution is -0.344. The largest absolute Gasteiger partial charge is 0.493 e. The van der Waals surface area contributed by atoms with Gasteiger partial charge in [-0.25, -0.2) is 4.70 Å². The van der Waals surface area contributed by atoms with Gasteiger partial charge in [0.05, 0.1) is 0 Å². The second kappa shape index (κ2) is 18.0. The molecule has 0 spiro atoms. The van der Waals surface area contributed by atoms with Crippen LogP contribution in [0.1, 0.15) is 146 Å². The van der Waals surface area contributed by atoms with Crippen molar-refractivity contribution in [2.24, 2.45) is 0 Å². The van der Waals surface area contributed by atoms with Crippen LogP contribution in [0.5, 0.6) is 0 Å². The van der Waals surface area contributed by atoms with Gasteiger partial charge in [0.2, 0.25) is 11.4 Å². The summed E-state index contributed by atoms with van der Waals surface area (Å²) < 4.78 is 1.45. The normalized spacial score (nSPS) is 13.4. The Labute approximate surface area is 240 Å². The van der Waals surface area contributed by atoms with Crippen molar-refractivity contribution >= 4 is 11.4 Å². The highest BCUT2D eigenvalue weighted by molar-refractivity contribution is 5.78. The number of unbranched alkanes of at least 4 members (excludes halogenated alkanes) is 12. The molecule has 0 amide bonds. The molecular formula is C37H54N2. The first-order chi connectivity index (χ1) is 19.2. The smallest absolute Gasteiger partial charge is 0.210 e. The lowest BCUT2D eigenvalue weighted by Gasteiger charge is -2.11. The first-order valence-corrected chi connectivity index (χ1v) is 16.3. The Morgan fingerprint density at radius 3 is 1.41 bits per heavy atom. The topological polar surface area (TPSA) is 25.3 Å². The molecule has 0 saturated heterocycles. The summed E-state index contributed by atoms with van der Waals surface area (Å²) in [4.78, 5) is 0. The van der Waals surface area contributed by atoms with E-state index in [1.165, 1.54) is 118 Å². The Hall–Kier alpha value is -2.48. The second-order valence-corrected chi connectivity index (χ2v) is 11.6. The van der Waals surface area contributed by atoms with Crippen molar-refractivity contribution in [3.8, 4) is 0 Å². The molecule has 0 saturated carbocycles. The van der Waals surface area contributed by atoms with Gasteiger partial charge in [0, 0.05) is 22.8 Å². The highest BCUT2D eigenvalue weighted by Gasteiger charge is 2.28. The summed E-state index contributed by atoms with van der Waals surface area (Å²) in [7, 11) is 0. The lowest BCUT2D eigenvalue weighted by Crippen LogP contribution is -2.02. The number of allylic oxidation sites excluding steroid dienone is 2. The van der Waals surface area contributed by atoms with Crippen molar-refractivity contribution < 1.29 is 4.70 Å². The summed E-state index contributed by atoms with van der Waals surface area (Å²) in [6.07, 6.45) is 25.2. The van der Waals surface area contributed by atoms with Crippen LogP contribution in [-0.4, -0.2) is 4.70 Å². The van der Waals surface area contributed by atoms with Gasteiger partial charge in [0.1, 0.15) is 0 Å². The first kappa shape index (κ1) is 31.1. The third kappa shape index (κ3) is 10.2. The monoisotopic (exact) mass is 526 g/mol. The minimum atomic E-state index is 0.903. The van der Waals surface area contributed by atoms with Crippen LogP contribution in [0, 0.1) is 0 Å². The average molecular weight is 527 g/mol. The van der Waals surface area contributed by atoms with Crippen LogP contribution < -0.4 is 0 Å². The summed E-state index contributed by atoms with van der Waals surface area (Å²) in [6.45, 7) is 6.77. The van der Waals surface area contributed by atoms with E-state index in [0.29, 0.717) is 0 Å². The van der Waals surface area contributed by atoms with Gasteiger partial charge >= 0.3 is 0 Å². The van der Waals surface area contributed by atoms with Crippen LogP contribution >= 0.6 is 0 Å². The third-order valence-electron chi connectivity index (χ3n) is 8.22. The molecule has 0 aliphatic carbocycles. The Morgan fingerprint density at radius 1 is 0.487 bits per heavy atom. The third-order valence-corrected chi connectivity index (χ3v) is 8.22. The van der Waals surface area contributed by atoms with E-state index in [0.717, 1.165) is 41.8 Å². The molecule has 39 heavy (non-hydrogen) atoms. The highest BCUT2D eigenvalue weighted by atomic mass is 15.2. The molecule has 1 aliphatic rings. The van der Waals surface area contributed by atoms with E-state index in [2.05, 4.69) is 75.4 Å². The van der Waals surface area contributed by atoms with E-state index in [-0.39, 0.29) is 0 Å². The Kier molecular flexibility index (Phi) is 14.3. The Morgan fingerprint density at radius 2 is 0.923 bits per heavy atom. The van der Waals surface area contributed by atoms with E-state index >= 15 is 0 Å². The number of hydrogen-bond acceptors (Lipinski definition) is 0. The van der Waals surface area contributed by atoms with Crippen LogP contribution in [0.2, 0.25) is 0 Å². The number of nitrogens with zero attached hydrogens (tertiary/aromatic N) is 2. The molecule has 0 bridgehead atoms. The van der Waals surface area contributed by atoms with E-state index in [9.17, 15) is 5.53 Å². The molecule has 0 aromatic heterocycles.